The molecule has 6 heteroatoms. The lowest BCUT2D eigenvalue weighted by atomic mass is 10.1. The van der Waals surface area contributed by atoms with Gasteiger partial charge in [0.25, 0.3) is 0 Å². The van der Waals surface area contributed by atoms with Crippen molar-refractivity contribution in [1.29, 1.82) is 0 Å². The predicted octanol–water partition coefficient (Wildman–Crippen LogP) is 0.849. The first-order valence-electron chi connectivity index (χ1n) is 8.12. The van der Waals surface area contributed by atoms with E-state index in [0.29, 0.717) is 6.54 Å². The van der Waals surface area contributed by atoms with Crippen molar-refractivity contribution in [2.24, 2.45) is 0 Å². The molecule has 122 valence electrons. The van der Waals surface area contributed by atoms with Crippen molar-refractivity contribution in [3.05, 3.63) is 22.4 Å². The summed E-state index contributed by atoms with van der Waals surface area (Å²) in [5.41, 5.74) is 1.37. The Morgan fingerprint density at radius 3 is 2.50 bits per heavy atom. The van der Waals surface area contributed by atoms with Crippen LogP contribution in [0.3, 0.4) is 0 Å². The zero-order valence-electron chi connectivity index (χ0n) is 13.0. The maximum absolute atomic E-state index is 12.4. The Kier molecular flexibility index (Phi) is 5.46. The molecule has 22 heavy (non-hydrogen) atoms. The highest BCUT2D eigenvalue weighted by molar-refractivity contribution is 7.07. The normalized spacial score (nSPS) is 22.1. The number of aliphatic hydroxyl groups excluding tert-OH is 1. The first-order chi connectivity index (χ1) is 10.7. The zero-order chi connectivity index (χ0) is 15.4. The van der Waals surface area contributed by atoms with E-state index >= 15 is 0 Å². The van der Waals surface area contributed by atoms with E-state index in [1.165, 1.54) is 5.56 Å². The highest BCUT2D eigenvalue weighted by atomic mass is 32.1. The highest BCUT2D eigenvalue weighted by Gasteiger charge is 2.24. The van der Waals surface area contributed by atoms with Gasteiger partial charge in [-0.1, -0.05) is 0 Å². The first-order valence-corrected chi connectivity index (χ1v) is 9.06. The van der Waals surface area contributed by atoms with Gasteiger partial charge in [0.15, 0.2) is 0 Å². The van der Waals surface area contributed by atoms with E-state index in [4.69, 9.17) is 0 Å². The molecule has 0 radical (unpaired) electrons. The van der Waals surface area contributed by atoms with Crippen molar-refractivity contribution in [3.8, 4) is 0 Å². The Morgan fingerprint density at radius 1 is 1.14 bits per heavy atom. The number of aliphatic hydroxyl groups is 1. The van der Waals surface area contributed by atoms with Crippen molar-refractivity contribution >= 4 is 17.2 Å². The van der Waals surface area contributed by atoms with E-state index in [-0.39, 0.29) is 12.0 Å². The van der Waals surface area contributed by atoms with Gasteiger partial charge in [-0.3, -0.25) is 14.6 Å². The summed E-state index contributed by atoms with van der Waals surface area (Å²) in [7, 11) is 0. The van der Waals surface area contributed by atoms with Gasteiger partial charge in [-0.2, -0.15) is 11.3 Å². The minimum atomic E-state index is -0.174. The number of thiophene rings is 1. The fourth-order valence-electron chi connectivity index (χ4n) is 3.16. The van der Waals surface area contributed by atoms with Crippen LogP contribution < -0.4 is 0 Å². The van der Waals surface area contributed by atoms with Crippen molar-refractivity contribution in [2.45, 2.75) is 25.5 Å². The van der Waals surface area contributed by atoms with Gasteiger partial charge in [-0.15, -0.1) is 0 Å². The van der Waals surface area contributed by atoms with Gasteiger partial charge in [0.1, 0.15) is 0 Å². The number of carbonyl (C=O) groups excluding carboxylic acids is 1. The van der Waals surface area contributed by atoms with E-state index in [2.05, 4.69) is 26.6 Å². The van der Waals surface area contributed by atoms with Gasteiger partial charge in [0.2, 0.25) is 5.91 Å². The number of hydrogen-bond donors (Lipinski definition) is 1. The Hall–Kier alpha value is -0.950. The van der Waals surface area contributed by atoms with Crippen LogP contribution in [0.1, 0.15) is 18.4 Å². The predicted molar refractivity (Wildman–Crippen MR) is 87.9 cm³/mol. The van der Waals surface area contributed by atoms with Crippen molar-refractivity contribution in [1.82, 2.24) is 14.7 Å². The monoisotopic (exact) mass is 323 g/mol. The van der Waals surface area contributed by atoms with Crippen LogP contribution in [0.25, 0.3) is 0 Å². The van der Waals surface area contributed by atoms with Crippen molar-refractivity contribution in [3.63, 3.8) is 0 Å². The van der Waals surface area contributed by atoms with Crippen LogP contribution in [0.15, 0.2) is 16.8 Å². The summed E-state index contributed by atoms with van der Waals surface area (Å²) >= 11 is 1.74. The Balaban J connectivity index is 1.40. The number of nitrogens with zero attached hydrogens (tertiary/aromatic N) is 3. The van der Waals surface area contributed by atoms with Crippen LogP contribution in [-0.2, 0) is 11.3 Å². The maximum atomic E-state index is 12.4. The molecule has 3 rings (SSSR count). The SMILES string of the molecule is O=C(CN1CCC(O)CC1)N1CCN(Cc2ccsc2)CC1. The van der Waals surface area contributed by atoms with Crippen molar-refractivity contribution < 1.29 is 9.90 Å². The van der Waals surface area contributed by atoms with E-state index in [1.807, 2.05) is 4.90 Å². The second-order valence-electron chi connectivity index (χ2n) is 6.30. The van der Waals surface area contributed by atoms with Gasteiger partial charge < -0.3 is 10.0 Å². The Bertz CT molecular complexity index is 464. The summed E-state index contributed by atoms with van der Waals surface area (Å²) in [5, 5.41) is 13.8. The second kappa shape index (κ2) is 7.55. The molecule has 2 aliphatic rings. The Morgan fingerprint density at radius 2 is 1.86 bits per heavy atom. The summed E-state index contributed by atoms with van der Waals surface area (Å²) in [6, 6.07) is 2.17. The average molecular weight is 323 g/mol. The molecule has 0 spiro atoms. The average Bonchev–Trinajstić information content (AvgIpc) is 3.03. The molecule has 2 saturated heterocycles. The standard InChI is InChI=1S/C16H25N3O2S/c20-15-1-4-17(5-2-15)12-16(21)19-8-6-18(7-9-19)11-14-3-10-22-13-14/h3,10,13,15,20H,1-2,4-9,11-12H2. The van der Waals surface area contributed by atoms with Crippen LogP contribution in [0.5, 0.6) is 0 Å². The highest BCUT2D eigenvalue weighted by Crippen LogP contribution is 2.13. The topological polar surface area (TPSA) is 47.0 Å². The molecule has 1 aromatic rings. The molecule has 0 aliphatic carbocycles. The number of amides is 1. The molecule has 0 bridgehead atoms. The van der Waals surface area contributed by atoms with E-state index in [0.717, 1.165) is 58.7 Å². The summed E-state index contributed by atoms with van der Waals surface area (Å²) in [6.45, 7) is 6.77. The Labute approximate surface area is 136 Å². The molecule has 2 aliphatic heterocycles. The third-order valence-corrected chi connectivity index (χ3v) is 5.36. The van der Waals surface area contributed by atoms with Crippen molar-refractivity contribution in [2.75, 3.05) is 45.8 Å². The fraction of sp³-hybridized carbons (Fsp3) is 0.688. The lowest BCUT2D eigenvalue weighted by molar-refractivity contribution is -0.134. The van der Waals surface area contributed by atoms with Gasteiger partial charge in [0.05, 0.1) is 12.6 Å². The van der Waals surface area contributed by atoms with E-state index < -0.39 is 0 Å². The number of likely N-dealkylation sites (tertiary alicyclic amines) is 1. The van der Waals surface area contributed by atoms with Gasteiger partial charge in [-0.25, -0.2) is 0 Å². The van der Waals surface area contributed by atoms with E-state index in [9.17, 15) is 9.90 Å². The smallest absolute Gasteiger partial charge is 0.236 e. The van der Waals surface area contributed by atoms with E-state index in [1.54, 1.807) is 11.3 Å². The van der Waals surface area contributed by atoms with Gasteiger partial charge in [0, 0.05) is 45.8 Å². The third-order valence-electron chi connectivity index (χ3n) is 4.63. The molecule has 1 N–H and O–H groups in total. The molecule has 5 nitrogen and oxygen atoms in total. The second-order valence-corrected chi connectivity index (χ2v) is 7.08. The molecule has 0 aromatic carbocycles. The summed E-state index contributed by atoms with van der Waals surface area (Å²) in [5.74, 6) is 0.242. The van der Waals surface area contributed by atoms with Crippen LogP contribution >= 0.6 is 11.3 Å². The maximum Gasteiger partial charge on any atom is 0.236 e. The molecule has 1 amide bonds. The largest absolute Gasteiger partial charge is 0.393 e. The summed E-state index contributed by atoms with van der Waals surface area (Å²) in [4.78, 5) is 19.0. The lowest BCUT2D eigenvalue weighted by Crippen LogP contribution is -2.51. The minimum absolute atomic E-state index is 0.174. The quantitative estimate of drug-likeness (QED) is 0.892. The van der Waals surface area contributed by atoms with Crippen LogP contribution in [-0.4, -0.2) is 77.6 Å². The zero-order valence-corrected chi connectivity index (χ0v) is 13.8. The fourth-order valence-corrected chi connectivity index (χ4v) is 3.82. The number of piperidine rings is 1. The number of rotatable bonds is 4. The third kappa shape index (κ3) is 4.29. The lowest BCUT2D eigenvalue weighted by Gasteiger charge is -2.36. The molecule has 0 unspecified atom stereocenters. The molecule has 2 fully saturated rings. The molecule has 0 atom stereocenters. The van der Waals surface area contributed by atoms with Crippen LogP contribution in [0.2, 0.25) is 0 Å². The van der Waals surface area contributed by atoms with Gasteiger partial charge >= 0.3 is 0 Å². The molecule has 3 heterocycles. The number of piperazine rings is 1. The first kappa shape index (κ1) is 15.9. The number of hydrogen-bond acceptors (Lipinski definition) is 5. The molecular formula is C16H25N3O2S. The van der Waals surface area contributed by atoms with Crippen LogP contribution in [0.4, 0.5) is 0 Å². The summed E-state index contributed by atoms with van der Waals surface area (Å²) in [6.07, 6.45) is 1.41. The molecule has 0 saturated carbocycles. The summed E-state index contributed by atoms with van der Waals surface area (Å²) < 4.78 is 0. The molecular weight excluding hydrogens is 298 g/mol. The van der Waals surface area contributed by atoms with Gasteiger partial charge in [-0.05, 0) is 35.2 Å². The minimum Gasteiger partial charge on any atom is -0.393 e. The molecule has 1 aromatic heterocycles. The van der Waals surface area contributed by atoms with Crippen LogP contribution in [0, 0.1) is 0 Å². The number of carbonyl (C=O) groups is 1.